The summed E-state index contributed by atoms with van der Waals surface area (Å²) in [5.41, 5.74) is 1.92. The highest BCUT2D eigenvalue weighted by atomic mass is 32.1. The van der Waals surface area contributed by atoms with Gasteiger partial charge in [-0.15, -0.1) is 11.3 Å². The van der Waals surface area contributed by atoms with Gasteiger partial charge in [0.05, 0.1) is 26.9 Å². The molecule has 1 aliphatic rings. The van der Waals surface area contributed by atoms with Crippen molar-refractivity contribution in [3.8, 4) is 11.3 Å². The van der Waals surface area contributed by atoms with Crippen LogP contribution >= 0.6 is 11.3 Å². The van der Waals surface area contributed by atoms with Crippen molar-refractivity contribution in [2.24, 2.45) is 7.05 Å². The Hall–Kier alpha value is -3.38. The minimum atomic E-state index is -0.882. The summed E-state index contributed by atoms with van der Waals surface area (Å²) in [6, 6.07) is 15.6. The second-order valence-electron chi connectivity index (χ2n) is 6.85. The topological polar surface area (TPSA) is 39.1 Å². The summed E-state index contributed by atoms with van der Waals surface area (Å²) < 4.78 is 31.1. The quantitative estimate of drug-likeness (QED) is 0.319. The van der Waals surface area contributed by atoms with Crippen molar-refractivity contribution < 1.29 is 18.4 Å². The Morgan fingerprint density at radius 1 is 0.897 bits per heavy atom. The number of hydrogen-bond donors (Lipinski definition) is 0. The van der Waals surface area contributed by atoms with Crippen LogP contribution in [-0.4, -0.2) is 16.1 Å². The third kappa shape index (κ3) is 2.60. The van der Waals surface area contributed by atoms with Gasteiger partial charge in [-0.2, -0.15) is 0 Å². The van der Waals surface area contributed by atoms with Gasteiger partial charge in [0.1, 0.15) is 11.6 Å². The maximum Gasteiger partial charge on any atom is 0.200 e. The molecule has 0 fully saturated rings. The Balaban J connectivity index is 1.58. The summed E-state index contributed by atoms with van der Waals surface area (Å²) in [5, 5.41) is 0. The first-order valence-corrected chi connectivity index (χ1v) is 9.71. The Bertz CT molecular complexity index is 1320. The molecule has 0 spiro atoms. The van der Waals surface area contributed by atoms with Crippen LogP contribution < -0.4 is 0 Å². The first kappa shape index (κ1) is 17.7. The van der Waals surface area contributed by atoms with Crippen molar-refractivity contribution in [2.45, 2.75) is 0 Å². The number of benzene rings is 2. The molecule has 29 heavy (non-hydrogen) atoms. The number of ketones is 2. The number of carbonyl (C=O) groups is 2. The predicted molar refractivity (Wildman–Crippen MR) is 109 cm³/mol. The fourth-order valence-corrected chi connectivity index (χ4v) is 4.80. The minimum absolute atomic E-state index is 0.209. The number of halogens is 2. The third-order valence-electron chi connectivity index (χ3n) is 5.15. The summed E-state index contributed by atoms with van der Waals surface area (Å²) in [6.07, 6.45) is 1.43. The summed E-state index contributed by atoms with van der Waals surface area (Å²) in [4.78, 5) is 25.8. The van der Waals surface area contributed by atoms with Crippen LogP contribution in [0.3, 0.4) is 0 Å². The van der Waals surface area contributed by atoms with Crippen LogP contribution in [0.5, 0.6) is 0 Å². The molecule has 0 amide bonds. The van der Waals surface area contributed by atoms with Crippen molar-refractivity contribution in [3.05, 3.63) is 87.8 Å². The summed E-state index contributed by atoms with van der Waals surface area (Å²) >= 11 is 1.42. The molecule has 4 aromatic rings. The highest BCUT2D eigenvalue weighted by molar-refractivity contribution is 7.19. The average molecular weight is 405 g/mol. The van der Waals surface area contributed by atoms with E-state index in [0.29, 0.717) is 4.88 Å². The van der Waals surface area contributed by atoms with E-state index in [9.17, 15) is 18.4 Å². The van der Waals surface area contributed by atoms with E-state index < -0.39 is 34.3 Å². The number of aromatic nitrogens is 1. The van der Waals surface area contributed by atoms with E-state index in [1.165, 1.54) is 17.4 Å². The van der Waals surface area contributed by atoms with E-state index in [1.807, 2.05) is 54.1 Å². The number of hydrogen-bond acceptors (Lipinski definition) is 3. The number of rotatable bonds is 2. The second kappa shape index (κ2) is 6.32. The Labute approximate surface area is 168 Å². The molecule has 2 aromatic heterocycles. The molecular weight excluding hydrogens is 392 g/mol. The molecule has 0 aliphatic heterocycles. The van der Waals surface area contributed by atoms with E-state index in [4.69, 9.17) is 0 Å². The lowest BCUT2D eigenvalue weighted by Gasteiger charge is -2.03. The van der Waals surface area contributed by atoms with Gasteiger partial charge in [-0.3, -0.25) is 9.59 Å². The van der Waals surface area contributed by atoms with E-state index in [2.05, 4.69) is 0 Å². The molecule has 5 rings (SSSR count). The molecular formula is C23H13F2NO2S. The molecule has 2 aromatic carbocycles. The predicted octanol–water partition coefficient (Wildman–Crippen LogP) is 5.65. The number of nitrogens with zero attached hydrogens (tertiary/aromatic N) is 1. The van der Waals surface area contributed by atoms with Crippen molar-refractivity contribution >= 4 is 39.2 Å². The molecule has 0 unspecified atom stereocenters. The molecule has 142 valence electrons. The van der Waals surface area contributed by atoms with Gasteiger partial charge in [-0.05, 0) is 35.9 Å². The lowest BCUT2D eigenvalue weighted by atomic mass is 10.1. The zero-order valence-corrected chi connectivity index (χ0v) is 16.0. The number of Topliss-reactive ketones (excluding diaryl/α,β-unsaturated/α-hetero) is 2. The van der Waals surface area contributed by atoms with Gasteiger partial charge in [0.2, 0.25) is 11.6 Å². The number of fused-ring (bicyclic) bond motifs is 2. The zero-order valence-electron chi connectivity index (χ0n) is 15.2. The molecule has 0 saturated heterocycles. The Morgan fingerprint density at radius 3 is 2.10 bits per heavy atom. The maximum atomic E-state index is 14.0. The number of carbonyl (C=O) groups excluding carboxylic acids is 2. The largest absolute Gasteiger partial charge is 0.343 e. The number of allylic oxidation sites excluding steroid dienone is 1. The van der Waals surface area contributed by atoms with E-state index in [1.54, 1.807) is 0 Å². The van der Waals surface area contributed by atoms with Crippen molar-refractivity contribution in [3.63, 3.8) is 0 Å². The first-order valence-electron chi connectivity index (χ1n) is 8.89. The van der Waals surface area contributed by atoms with Gasteiger partial charge in [-0.25, -0.2) is 8.78 Å². The molecule has 2 heterocycles. The smallest absolute Gasteiger partial charge is 0.200 e. The fourth-order valence-electron chi connectivity index (χ4n) is 3.73. The highest BCUT2D eigenvalue weighted by Gasteiger charge is 2.38. The van der Waals surface area contributed by atoms with Gasteiger partial charge in [-0.1, -0.05) is 30.3 Å². The third-order valence-corrected chi connectivity index (χ3v) is 6.17. The lowest BCUT2D eigenvalue weighted by molar-refractivity contribution is 0.0989. The second-order valence-corrected chi connectivity index (χ2v) is 7.96. The van der Waals surface area contributed by atoms with Gasteiger partial charge in [0, 0.05) is 17.6 Å². The van der Waals surface area contributed by atoms with E-state index >= 15 is 0 Å². The fraction of sp³-hybridized carbons (Fsp3) is 0.0435. The van der Waals surface area contributed by atoms with Gasteiger partial charge in [0.15, 0.2) is 0 Å². The van der Waals surface area contributed by atoms with Crippen molar-refractivity contribution in [1.29, 1.82) is 0 Å². The molecule has 1 aliphatic carbocycles. The zero-order chi connectivity index (χ0) is 20.3. The molecule has 0 bridgehead atoms. The number of aryl methyl sites for hydroxylation is 1. The average Bonchev–Trinajstić information content (AvgIpc) is 3.33. The van der Waals surface area contributed by atoms with Crippen LogP contribution in [0.15, 0.2) is 60.2 Å². The number of thiophene rings is 1. The molecule has 6 heteroatoms. The van der Waals surface area contributed by atoms with Crippen LogP contribution in [0.2, 0.25) is 0 Å². The maximum absolute atomic E-state index is 14.0. The van der Waals surface area contributed by atoms with Crippen molar-refractivity contribution in [2.75, 3.05) is 0 Å². The van der Waals surface area contributed by atoms with E-state index in [-0.39, 0.29) is 5.57 Å². The Kier molecular flexibility index (Phi) is 3.86. The van der Waals surface area contributed by atoms with Crippen molar-refractivity contribution in [1.82, 2.24) is 4.57 Å². The molecule has 3 nitrogen and oxygen atoms in total. The summed E-state index contributed by atoms with van der Waals surface area (Å²) in [6.45, 7) is 0. The lowest BCUT2D eigenvalue weighted by Crippen LogP contribution is -2.00. The van der Waals surface area contributed by atoms with E-state index in [0.717, 1.165) is 33.6 Å². The standard InChI is InChI=1S/C23H13F2NO2S/c1-26-17(12-5-3-2-4-6-12)11-19-18(26)10-13(29-19)9-14-22(27)20-15(24)7-8-16(25)21(20)23(14)28/h2-11H,1H3. The SMILES string of the molecule is Cn1c(-c2ccccc2)cc2sc(C=C3C(=O)c4c(F)ccc(F)c4C3=O)cc21. The normalized spacial score (nSPS) is 13.4. The molecule has 0 atom stereocenters. The van der Waals surface area contributed by atoms with Crippen LogP contribution in [0.4, 0.5) is 8.78 Å². The summed E-state index contributed by atoms with van der Waals surface area (Å²) in [7, 11) is 1.95. The minimum Gasteiger partial charge on any atom is -0.343 e. The monoisotopic (exact) mass is 405 g/mol. The van der Waals surface area contributed by atoms with Crippen LogP contribution in [0.25, 0.3) is 27.6 Å². The van der Waals surface area contributed by atoms with Crippen LogP contribution in [-0.2, 0) is 7.05 Å². The van der Waals surface area contributed by atoms with Crippen LogP contribution in [0, 0.1) is 11.6 Å². The summed E-state index contributed by atoms with van der Waals surface area (Å²) in [5.74, 6) is -3.31. The van der Waals surface area contributed by atoms with Gasteiger partial charge in [0.25, 0.3) is 0 Å². The van der Waals surface area contributed by atoms with Gasteiger partial charge >= 0.3 is 0 Å². The highest BCUT2D eigenvalue weighted by Crippen LogP contribution is 2.36. The first-order chi connectivity index (χ1) is 14.0. The Morgan fingerprint density at radius 2 is 1.52 bits per heavy atom. The van der Waals surface area contributed by atoms with Crippen LogP contribution in [0.1, 0.15) is 25.6 Å². The molecule has 0 saturated carbocycles. The molecule has 0 N–H and O–H groups in total. The molecule has 0 radical (unpaired) electrons. The van der Waals surface area contributed by atoms with Gasteiger partial charge < -0.3 is 4.57 Å².